The summed E-state index contributed by atoms with van der Waals surface area (Å²) in [4.78, 5) is 0. The molecule has 1 aromatic rings. The normalized spacial score (nSPS) is 10.1. The Morgan fingerprint density at radius 1 is 1.20 bits per heavy atom. The lowest BCUT2D eigenvalue weighted by Crippen LogP contribution is -1.97. The van der Waals surface area contributed by atoms with Crippen LogP contribution in [0.25, 0.3) is 0 Å². The lowest BCUT2D eigenvalue weighted by atomic mass is 10.2. The number of halogens is 1. The van der Waals surface area contributed by atoms with Crippen LogP contribution in [0, 0.1) is 0 Å². The molecule has 0 amide bonds. The Bertz CT molecular complexity index is 326. The van der Waals surface area contributed by atoms with Crippen molar-refractivity contribution < 1.29 is 14.6 Å². The molecule has 0 atom stereocenters. The molecule has 0 fully saturated rings. The molecule has 0 aliphatic rings. The molecular weight excluding hydrogens is 216 g/mol. The summed E-state index contributed by atoms with van der Waals surface area (Å²) in [6, 6.07) is 3.38. The third kappa shape index (κ3) is 2.93. The predicted molar refractivity (Wildman–Crippen MR) is 60.0 cm³/mol. The van der Waals surface area contributed by atoms with Crippen LogP contribution in [0.15, 0.2) is 12.1 Å². The molecule has 84 valence electrons. The number of ether oxygens (including phenoxy) is 2. The van der Waals surface area contributed by atoms with E-state index in [2.05, 4.69) is 0 Å². The fourth-order valence-corrected chi connectivity index (χ4v) is 1.46. The van der Waals surface area contributed by atoms with Crippen molar-refractivity contribution >= 4 is 11.6 Å². The number of hydrogen-bond acceptors (Lipinski definition) is 3. The molecule has 0 unspecified atom stereocenters. The minimum Gasteiger partial charge on any atom is -0.504 e. The Morgan fingerprint density at radius 2 is 1.87 bits per heavy atom. The lowest BCUT2D eigenvalue weighted by Gasteiger charge is -2.12. The molecule has 0 aliphatic carbocycles. The molecule has 0 radical (unpaired) electrons. The number of aromatic hydroxyl groups is 1. The van der Waals surface area contributed by atoms with Gasteiger partial charge in [0.25, 0.3) is 0 Å². The molecule has 4 heteroatoms. The number of benzene rings is 1. The van der Waals surface area contributed by atoms with Crippen LogP contribution in [0.1, 0.15) is 19.4 Å². The monoisotopic (exact) mass is 230 g/mol. The molecule has 3 nitrogen and oxygen atoms in total. The first-order valence-electron chi connectivity index (χ1n) is 4.90. The molecule has 0 spiro atoms. The van der Waals surface area contributed by atoms with E-state index in [1.165, 1.54) is 0 Å². The highest BCUT2D eigenvalue weighted by molar-refractivity contribution is 6.17. The van der Waals surface area contributed by atoms with Gasteiger partial charge in [0.15, 0.2) is 11.5 Å². The van der Waals surface area contributed by atoms with Crippen LogP contribution >= 0.6 is 11.6 Å². The van der Waals surface area contributed by atoms with Gasteiger partial charge in [-0.1, -0.05) is 0 Å². The highest BCUT2D eigenvalue weighted by Crippen LogP contribution is 2.35. The first-order valence-corrected chi connectivity index (χ1v) is 5.43. The van der Waals surface area contributed by atoms with E-state index in [0.717, 1.165) is 0 Å². The minimum absolute atomic E-state index is 0.0929. The van der Waals surface area contributed by atoms with Gasteiger partial charge >= 0.3 is 0 Å². The second-order valence-corrected chi connectivity index (χ2v) is 3.20. The van der Waals surface area contributed by atoms with Crippen molar-refractivity contribution in [1.82, 2.24) is 0 Å². The van der Waals surface area contributed by atoms with Gasteiger partial charge < -0.3 is 14.6 Å². The average Bonchev–Trinajstić information content (AvgIpc) is 2.23. The molecule has 15 heavy (non-hydrogen) atoms. The molecule has 0 aliphatic heterocycles. The van der Waals surface area contributed by atoms with Crippen molar-refractivity contribution in [3.63, 3.8) is 0 Å². The zero-order valence-electron chi connectivity index (χ0n) is 8.92. The van der Waals surface area contributed by atoms with Crippen molar-refractivity contribution in [3.05, 3.63) is 17.7 Å². The molecule has 0 aromatic heterocycles. The number of hydrogen-bond donors (Lipinski definition) is 1. The fourth-order valence-electron chi connectivity index (χ4n) is 1.25. The number of alkyl halides is 1. The summed E-state index contributed by atoms with van der Waals surface area (Å²) in [6.45, 7) is 4.81. The molecule has 1 N–H and O–H groups in total. The van der Waals surface area contributed by atoms with Gasteiger partial charge in [0.05, 0.1) is 19.1 Å². The standard InChI is InChI=1S/C11H15ClO3/c1-3-14-9-5-8(7-12)11(13)10(6-9)15-4-2/h5-6,13H,3-4,7H2,1-2H3. The maximum Gasteiger partial charge on any atom is 0.164 e. The van der Waals surface area contributed by atoms with Gasteiger partial charge in [0.2, 0.25) is 0 Å². The van der Waals surface area contributed by atoms with Crippen molar-refractivity contribution in [1.29, 1.82) is 0 Å². The summed E-state index contributed by atoms with van der Waals surface area (Å²) in [5, 5.41) is 9.75. The van der Waals surface area contributed by atoms with Crippen molar-refractivity contribution in [3.8, 4) is 17.2 Å². The van der Waals surface area contributed by atoms with E-state index >= 15 is 0 Å². The molecule has 1 rings (SSSR count). The van der Waals surface area contributed by atoms with Gasteiger partial charge in [0.1, 0.15) is 5.75 Å². The highest BCUT2D eigenvalue weighted by atomic mass is 35.5. The van der Waals surface area contributed by atoms with Gasteiger partial charge in [-0.3, -0.25) is 0 Å². The Balaban J connectivity index is 3.07. The lowest BCUT2D eigenvalue weighted by molar-refractivity contribution is 0.306. The van der Waals surface area contributed by atoms with E-state index in [1.807, 2.05) is 13.8 Å². The molecule has 0 heterocycles. The Labute approximate surface area is 94.6 Å². The maximum atomic E-state index is 9.75. The van der Waals surface area contributed by atoms with Crippen LogP contribution in [0.3, 0.4) is 0 Å². The van der Waals surface area contributed by atoms with E-state index in [1.54, 1.807) is 12.1 Å². The van der Waals surface area contributed by atoms with Gasteiger partial charge in [-0.15, -0.1) is 11.6 Å². The van der Waals surface area contributed by atoms with Crippen LogP contribution in [0.2, 0.25) is 0 Å². The minimum atomic E-state index is 0.0929. The molecule has 0 saturated heterocycles. The molecule has 1 aromatic carbocycles. The summed E-state index contributed by atoms with van der Waals surface area (Å²) >= 11 is 5.71. The van der Waals surface area contributed by atoms with Gasteiger partial charge in [-0.05, 0) is 19.9 Å². The van der Waals surface area contributed by atoms with E-state index in [9.17, 15) is 5.11 Å². The van der Waals surface area contributed by atoms with Crippen LogP contribution in [-0.2, 0) is 5.88 Å². The third-order valence-electron chi connectivity index (χ3n) is 1.88. The van der Waals surface area contributed by atoms with Crippen LogP contribution in [0.5, 0.6) is 17.2 Å². The smallest absolute Gasteiger partial charge is 0.164 e. The Hall–Kier alpha value is -1.09. The first-order chi connectivity index (χ1) is 7.22. The maximum absolute atomic E-state index is 9.75. The summed E-state index contributed by atoms with van der Waals surface area (Å²) in [5.74, 6) is 1.40. The van der Waals surface area contributed by atoms with Crippen molar-refractivity contribution in [2.24, 2.45) is 0 Å². The fraction of sp³-hybridized carbons (Fsp3) is 0.455. The zero-order valence-corrected chi connectivity index (χ0v) is 9.67. The number of phenols is 1. The topological polar surface area (TPSA) is 38.7 Å². The van der Waals surface area contributed by atoms with Crippen molar-refractivity contribution in [2.45, 2.75) is 19.7 Å². The van der Waals surface area contributed by atoms with E-state index in [4.69, 9.17) is 21.1 Å². The van der Waals surface area contributed by atoms with E-state index in [-0.39, 0.29) is 11.6 Å². The quantitative estimate of drug-likeness (QED) is 0.791. The van der Waals surface area contributed by atoms with E-state index < -0.39 is 0 Å². The van der Waals surface area contributed by atoms with Crippen LogP contribution < -0.4 is 9.47 Å². The highest BCUT2D eigenvalue weighted by Gasteiger charge is 2.10. The van der Waals surface area contributed by atoms with Crippen LogP contribution in [0.4, 0.5) is 0 Å². The second kappa shape index (κ2) is 5.71. The number of rotatable bonds is 5. The number of phenolic OH excluding ortho intramolecular Hbond substituents is 1. The first kappa shape index (κ1) is 12.0. The summed E-state index contributed by atoms with van der Waals surface area (Å²) in [7, 11) is 0. The van der Waals surface area contributed by atoms with Gasteiger partial charge in [0, 0.05) is 11.6 Å². The summed E-state index contributed by atoms with van der Waals surface area (Å²) in [5.41, 5.74) is 0.617. The predicted octanol–water partition coefficient (Wildman–Crippen LogP) is 2.93. The Morgan fingerprint density at radius 3 is 2.40 bits per heavy atom. The zero-order chi connectivity index (χ0) is 11.3. The Kier molecular flexibility index (Phi) is 4.56. The van der Waals surface area contributed by atoms with Gasteiger partial charge in [-0.25, -0.2) is 0 Å². The largest absolute Gasteiger partial charge is 0.504 e. The summed E-state index contributed by atoms with van der Waals surface area (Å²) in [6.07, 6.45) is 0. The van der Waals surface area contributed by atoms with E-state index in [0.29, 0.717) is 30.3 Å². The SMILES string of the molecule is CCOc1cc(CCl)c(O)c(OCC)c1. The second-order valence-electron chi connectivity index (χ2n) is 2.93. The molecular formula is C11H15ClO3. The van der Waals surface area contributed by atoms with Gasteiger partial charge in [-0.2, -0.15) is 0 Å². The average molecular weight is 231 g/mol. The van der Waals surface area contributed by atoms with Crippen LogP contribution in [-0.4, -0.2) is 18.3 Å². The van der Waals surface area contributed by atoms with Crippen molar-refractivity contribution in [2.75, 3.05) is 13.2 Å². The molecule has 0 bridgehead atoms. The summed E-state index contributed by atoms with van der Waals surface area (Å²) < 4.78 is 10.6. The molecule has 0 saturated carbocycles. The third-order valence-corrected chi connectivity index (χ3v) is 2.17.